The summed E-state index contributed by atoms with van der Waals surface area (Å²) in [6.07, 6.45) is 0. The molecule has 0 spiro atoms. The van der Waals surface area contributed by atoms with Gasteiger partial charge in [0, 0.05) is 36.6 Å². The number of aryl methyl sites for hydroxylation is 2. The van der Waals surface area contributed by atoms with Crippen molar-refractivity contribution in [2.45, 2.75) is 31.7 Å². The molecule has 1 atom stereocenters. The molecule has 6 rings (SSSR count). The monoisotopic (exact) mass is 512 g/mol. The van der Waals surface area contributed by atoms with Crippen LogP contribution in [0.25, 0.3) is 27.9 Å². The molecule has 0 aliphatic carbocycles. The fourth-order valence-electron chi connectivity index (χ4n) is 5.14. The van der Waals surface area contributed by atoms with Crippen molar-refractivity contribution < 1.29 is 8.42 Å². The number of rotatable bonds is 4. The van der Waals surface area contributed by atoms with E-state index in [1.54, 1.807) is 22.5 Å². The molecule has 1 unspecified atom stereocenters. The summed E-state index contributed by atoms with van der Waals surface area (Å²) in [5, 5.41) is 10.1. The van der Waals surface area contributed by atoms with Gasteiger partial charge in [-0.2, -0.15) is 4.31 Å². The molecule has 5 aromatic rings. The predicted octanol–water partition coefficient (Wildman–Crippen LogP) is 4.46. The molecule has 1 saturated heterocycles. The van der Waals surface area contributed by atoms with Gasteiger partial charge < -0.3 is 4.90 Å². The van der Waals surface area contributed by atoms with Crippen LogP contribution >= 0.6 is 0 Å². The lowest BCUT2D eigenvalue weighted by Gasteiger charge is -2.39. The van der Waals surface area contributed by atoms with Crippen LogP contribution in [-0.2, 0) is 10.0 Å². The predicted molar refractivity (Wildman–Crippen MR) is 145 cm³/mol. The summed E-state index contributed by atoms with van der Waals surface area (Å²) in [5.41, 5.74) is 4.58. The molecule has 0 radical (unpaired) electrons. The molecule has 188 valence electrons. The van der Waals surface area contributed by atoms with Crippen LogP contribution in [0.5, 0.6) is 0 Å². The third-order valence-corrected chi connectivity index (χ3v) is 8.96. The molecule has 8 nitrogen and oxygen atoms in total. The third-order valence-electron chi connectivity index (χ3n) is 6.95. The minimum atomic E-state index is -3.61. The maximum Gasteiger partial charge on any atom is 0.243 e. The lowest BCUT2D eigenvalue weighted by atomic mass is 10.1. The fraction of sp³-hybridized carbons (Fsp3) is 0.250. The summed E-state index contributed by atoms with van der Waals surface area (Å²) < 4.78 is 30.6. The second-order valence-electron chi connectivity index (χ2n) is 9.71. The van der Waals surface area contributed by atoms with Gasteiger partial charge in [-0.05, 0) is 56.7 Å². The minimum absolute atomic E-state index is 0.249. The van der Waals surface area contributed by atoms with Gasteiger partial charge in [0.15, 0.2) is 11.5 Å². The maximum absolute atomic E-state index is 13.5. The molecule has 0 bridgehead atoms. The third kappa shape index (κ3) is 4.04. The summed E-state index contributed by atoms with van der Waals surface area (Å²) in [4.78, 5) is 7.52. The zero-order chi connectivity index (χ0) is 25.7. The number of sulfonamides is 1. The Morgan fingerprint density at radius 2 is 1.62 bits per heavy atom. The Hall–Kier alpha value is -3.82. The van der Waals surface area contributed by atoms with Crippen molar-refractivity contribution >= 4 is 32.5 Å². The van der Waals surface area contributed by atoms with Gasteiger partial charge in [0.05, 0.1) is 10.4 Å². The Labute approximate surface area is 216 Å². The number of piperazine rings is 1. The van der Waals surface area contributed by atoms with Gasteiger partial charge in [-0.15, -0.1) is 10.2 Å². The Kier molecular flexibility index (Phi) is 5.69. The van der Waals surface area contributed by atoms with Crippen molar-refractivity contribution in [3.63, 3.8) is 0 Å². The van der Waals surface area contributed by atoms with Gasteiger partial charge in [0.1, 0.15) is 0 Å². The smallest absolute Gasteiger partial charge is 0.243 e. The topological polar surface area (TPSA) is 83.7 Å². The van der Waals surface area contributed by atoms with Crippen LogP contribution in [0.15, 0.2) is 77.7 Å². The van der Waals surface area contributed by atoms with E-state index in [1.807, 2.05) is 60.7 Å². The number of anilines is 1. The van der Waals surface area contributed by atoms with E-state index in [4.69, 9.17) is 4.98 Å². The molecule has 3 heterocycles. The zero-order valence-electron chi connectivity index (χ0n) is 21.0. The van der Waals surface area contributed by atoms with Crippen LogP contribution in [-0.4, -0.2) is 58.0 Å². The summed E-state index contributed by atoms with van der Waals surface area (Å²) in [5.74, 6) is 1.43. The van der Waals surface area contributed by atoms with Gasteiger partial charge in [-0.3, -0.25) is 0 Å². The molecular weight excluding hydrogens is 484 g/mol. The van der Waals surface area contributed by atoms with E-state index >= 15 is 0 Å². The first kappa shape index (κ1) is 23.6. The van der Waals surface area contributed by atoms with Gasteiger partial charge in [-0.25, -0.2) is 17.8 Å². The second kappa shape index (κ2) is 8.93. The summed E-state index contributed by atoms with van der Waals surface area (Å²) >= 11 is 0. The van der Waals surface area contributed by atoms with Crippen molar-refractivity contribution in [1.29, 1.82) is 0 Å². The van der Waals surface area contributed by atoms with Crippen LogP contribution < -0.4 is 4.90 Å². The lowest BCUT2D eigenvalue weighted by Crippen LogP contribution is -2.54. The first-order valence-corrected chi connectivity index (χ1v) is 13.8. The molecule has 1 aliphatic heterocycles. The number of para-hydroxylation sites is 1. The highest BCUT2D eigenvalue weighted by atomic mass is 32.2. The number of fused-ring (bicyclic) bond motifs is 3. The van der Waals surface area contributed by atoms with Crippen molar-refractivity contribution in [2.75, 3.05) is 24.5 Å². The summed E-state index contributed by atoms with van der Waals surface area (Å²) in [6, 6.07) is 22.9. The van der Waals surface area contributed by atoms with Crippen molar-refractivity contribution in [3.05, 3.63) is 83.9 Å². The zero-order valence-corrected chi connectivity index (χ0v) is 21.9. The van der Waals surface area contributed by atoms with Crippen molar-refractivity contribution in [2.24, 2.45) is 0 Å². The normalized spacial score (nSPS) is 17.1. The molecule has 37 heavy (non-hydrogen) atoms. The lowest BCUT2D eigenvalue weighted by molar-refractivity contribution is 0.304. The molecule has 1 fully saturated rings. The highest BCUT2D eigenvalue weighted by Gasteiger charge is 2.35. The van der Waals surface area contributed by atoms with Gasteiger partial charge in [-0.1, -0.05) is 48.0 Å². The van der Waals surface area contributed by atoms with E-state index in [0.29, 0.717) is 24.5 Å². The molecule has 0 saturated carbocycles. The standard InChI is InChI=1S/C28H28N6O2S/c1-19-8-6-10-22(16-19)26-30-31-27-24-12-4-5-13-25(24)29-28(34(26)27)32-14-15-33(21(3)18-32)37(35,36)23-11-7-9-20(2)17-23/h4-13,16-17,21H,14-15,18H2,1-3H3. The molecule has 3 aromatic carbocycles. The molecule has 1 aliphatic rings. The number of nitrogens with zero attached hydrogens (tertiary/aromatic N) is 6. The van der Waals surface area contributed by atoms with E-state index in [-0.39, 0.29) is 6.04 Å². The first-order chi connectivity index (χ1) is 17.8. The molecule has 0 N–H and O–H groups in total. The number of hydrogen-bond donors (Lipinski definition) is 0. The van der Waals surface area contributed by atoms with Gasteiger partial charge in [0.2, 0.25) is 16.0 Å². The average molecular weight is 513 g/mol. The van der Waals surface area contributed by atoms with E-state index in [2.05, 4.69) is 34.2 Å². The maximum atomic E-state index is 13.5. The van der Waals surface area contributed by atoms with E-state index in [1.165, 1.54) is 0 Å². The van der Waals surface area contributed by atoms with Crippen LogP contribution in [0.3, 0.4) is 0 Å². The quantitative estimate of drug-likeness (QED) is 0.354. The Morgan fingerprint density at radius 1 is 0.865 bits per heavy atom. The fourth-order valence-corrected chi connectivity index (χ4v) is 6.86. The average Bonchev–Trinajstić information content (AvgIpc) is 3.34. The molecule has 9 heteroatoms. The highest BCUT2D eigenvalue weighted by molar-refractivity contribution is 7.89. The molecule has 2 aromatic heterocycles. The van der Waals surface area contributed by atoms with Crippen LogP contribution in [0.2, 0.25) is 0 Å². The summed E-state index contributed by atoms with van der Waals surface area (Å²) in [6.45, 7) is 7.26. The number of aromatic nitrogens is 4. The van der Waals surface area contributed by atoms with E-state index < -0.39 is 10.0 Å². The van der Waals surface area contributed by atoms with Crippen LogP contribution in [0.1, 0.15) is 18.1 Å². The van der Waals surface area contributed by atoms with Gasteiger partial charge >= 0.3 is 0 Å². The number of hydrogen-bond acceptors (Lipinski definition) is 6. The van der Waals surface area contributed by atoms with Crippen molar-refractivity contribution in [3.8, 4) is 11.4 Å². The largest absolute Gasteiger partial charge is 0.339 e. The Morgan fingerprint density at radius 3 is 2.38 bits per heavy atom. The van der Waals surface area contributed by atoms with Gasteiger partial charge in [0.25, 0.3) is 0 Å². The minimum Gasteiger partial charge on any atom is -0.339 e. The molecule has 0 amide bonds. The molecular formula is C28H28N6O2S. The Bertz CT molecular complexity index is 1750. The first-order valence-electron chi connectivity index (χ1n) is 12.4. The van der Waals surface area contributed by atoms with Crippen LogP contribution in [0, 0.1) is 13.8 Å². The second-order valence-corrected chi connectivity index (χ2v) is 11.6. The Balaban J connectivity index is 1.43. The van der Waals surface area contributed by atoms with E-state index in [0.717, 1.165) is 45.0 Å². The van der Waals surface area contributed by atoms with E-state index in [9.17, 15) is 8.42 Å². The SMILES string of the molecule is Cc1cccc(-c2nnc3c4ccccc4nc(N4CCN(S(=O)(=O)c5cccc(C)c5)C(C)C4)n23)c1. The number of benzene rings is 3. The highest BCUT2D eigenvalue weighted by Crippen LogP contribution is 2.31. The van der Waals surface area contributed by atoms with Crippen molar-refractivity contribution in [1.82, 2.24) is 23.9 Å². The summed E-state index contributed by atoms with van der Waals surface area (Å²) in [7, 11) is -3.61. The van der Waals surface area contributed by atoms with Crippen LogP contribution in [0.4, 0.5) is 5.95 Å².